The Kier molecular flexibility index (Phi) is 5.99. The van der Waals surface area contributed by atoms with E-state index in [1.54, 1.807) is 47.4 Å². The summed E-state index contributed by atoms with van der Waals surface area (Å²) in [6.07, 6.45) is 0.311. The molecule has 0 aromatic heterocycles. The van der Waals surface area contributed by atoms with Crippen molar-refractivity contribution in [3.63, 3.8) is 0 Å². The van der Waals surface area contributed by atoms with E-state index in [2.05, 4.69) is 5.32 Å². The normalized spacial score (nSPS) is 14.7. The summed E-state index contributed by atoms with van der Waals surface area (Å²) in [5.74, 6) is -1.04. The molecule has 1 heterocycles. The number of aryl methyl sites for hydroxylation is 1. The predicted molar refractivity (Wildman–Crippen MR) is 108 cm³/mol. The molecule has 0 radical (unpaired) electrons. The highest BCUT2D eigenvalue weighted by atomic mass is 35.5. The molecule has 1 aliphatic rings. The van der Waals surface area contributed by atoms with Crippen molar-refractivity contribution in [2.24, 2.45) is 0 Å². The van der Waals surface area contributed by atoms with Gasteiger partial charge in [0.1, 0.15) is 0 Å². The second kappa shape index (κ2) is 8.44. The molecular formula is C21H21ClN2O4. The average molecular weight is 401 g/mol. The Balaban J connectivity index is 1.66. The van der Waals surface area contributed by atoms with E-state index in [1.165, 1.54) is 6.92 Å². The molecule has 1 aliphatic heterocycles. The van der Waals surface area contributed by atoms with E-state index in [4.69, 9.17) is 16.3 Å². The topological polar surface area (TPSA) is 75.7 Å². The number of anilines is 2. The summed E-state index contributed by atoms with van der Waals surface area (Å²) < 4.78 is 5.30. The first-order valence-electron chi connectivity index (χ1n) is 9.03. The molecule has 1 atom stereocenters. The molecule has 0 saturated carbocycles. The summed E-state index contributed by atoms with van der Waals surface area (Å²) in [6.45, 7) is 3.98. The van der Waals surface area contributed by atoms with Gasteiger partial charge in [-0.2, -0.15) is 0 Å². The highest BCUT2D eigenvalue weighted by Crippen LogP contribution is 2.23. The monoisotopic (exact) mass is 400 g/mol. The van der Waals surface area contributed by atoms with Gasteiger partial charge in [0.2, 0.25) is 5.91 Å². The van der Waals surface area contributed by atoms with E-state index < -0.39 is 18.0 Å². The maximum Gasteiger partial charge on any atom is 0.338 e. The second-order valence-electron chi connectivity index (χ2n) is 6.70. The summed E-state index contributed by atoms with van der Waals surface area (Å²) in [4.78, 5) is 38.4. The molecular weight excluding hydrogens is 380 g/mol. The van der Waals surface area contributed by atoms with Gasteiger partial charge in [0.15, 0.2) is 6.10 Å². The molecule has 3 rings (SSSR count). The minimum Gasteiger partial charge on any atom is -0.449 e. The van der Waals surface area contributed by atoms with Gasteiger partial charge >= 0.3 is 5.97 Å². The van der Waals surface area contributed by atoms with Crippen LogP contribution in [-0.2, 0) is 14.3 Å². The lowest BCUT2D eigenvalue weighted by atomic mass is 10.2. The van der Waals surface area contributed by atoms with Gasteiger partial charge in [-0.15, -0.1) is 0 Å². The summed E-state index contributed by atoms with van der Waals surface area (Å²) in [7, 11) is 0. The lowest BCUT2D eigenvalue weighted by molar-refractivity contribution is -0.123. The summed E-state index contributed by atoms with van der Waals surface area (Å²) in [5, 5.41) is 3.21. The maximum absolute atomic E-state index is 12.5. The van der Waals surface area contributed by atoms with Crippen molar-refractivity contribution >= 4 is 40.8 Å². The smallest absolute Gasteiger partial charge is 0.338 e. The van der Waals surface area contributed by atoms with Crippen molar-refractivity contribution in [3.05, 3.63) is 58.6 Å². The lowest BCUT2D eigenvalue weighted by Gasteiger charge is -2.17. The molecule has 0 spiro atoms. The van der Waals surface area contributed by atoms with Gasteiger partial charge in [-0.1, -0.05) is 23.7 Å². The van der Waals surface area contributed by atoms with Crippen LogP contribution in [0.15, 0.2) is 42.5 Å². The van der Waals surface area contributed by atoms with Crippen LogP contribution in [0.25, 0.3) is 0 Å². The SMILES string of the molecule is Cc1ccc(Cl)cc1NC(=O)[C@@H](C)OC(=O)c1cccc(N2CCCC2=O)c1. The summed E-state index contributed by atoms with van der Waals surface area (Å²) in [5.41, 5.74) is 2.36. The standard InChI is InChI=1S/C21H21ClN2O4/c1-13-8-9-16(22)12-18(13)23-20(26)14(2)28-21(27)15-5-3-6-17(11-15)24-10-4-7-19(24)25/h3,5-6,8-9,11-12,14H,4,7,10H2,1-2H3,(H,23,26)/t14-/m1/s1. The number of carbonyl (C=O) groups is 3. The van der Waals surface area contributed by atoms with Gasteiger partial charge in [0, 0.05) is 29.4 Å². The molecule has 1 saturated heterocycles. The van der Waals surface area contributed by atoms with Crippen LogP contribution in [-0.4, -0.2) is 30.4 Å². The number of hydrogen-bond acceptors (Lipinski definition) is 4. The third-order valence-corrected chi connectivity index (χ3v) is 4.81. The Hall–Kier alpha value is -2.86. The van der Waals surface area contributed by atoms with E-state index in [1.807, 2.05) is 6.92 Å². The first-order chi connectivity index (χ1) is 13.3. The number of esters is 1. The molecule has 0 aliphatic carbocycles. The highest BCUT2D eigenvalue weighted by molar-refractivity contribution is 6.31. The summed E-state index contributed by atoms with van der Waals surface area (Å²) >= 11 is 5.96. The third kappa shape index (κ3) is 4.51. The highest BCUT2D eigenvalue weighted by Gasteiger charge is 2.24. The first kappa shape index (κ1) is 19.9. The van der Waals surface area contributed by atoms with E-state index in [9.17, 15) is 14.4 Å². The quantitative estimate of drug-likeness (QED) is 0.771. The van der Waals surface area contributed by atoms with Gasteiger partial charge in [0.05, 0.1) is 5.56 Å². The van der Waals surface area contributed by atoms with Crippen molar-refractivity contribution in [1.29, 1.82) is 0 Å². The van der Waals surface area contributed by atoms with Gasteiger partial charge in [-0.25, -0.2) is 4.79 Å². The zero-order chi connectivity index (χ0) is 20.3. The number of benzene rings is 2. The van der Waals surface area contributed by atoms with Crippen LogP contribution >= 0.6 is 11.6 Å². The summed E-state index contributed by atoms with van der Waals surface area (Å²) in [6, 6.07) is 11.8. The molecule has 0 unspecified atom stereocenters. The van der Waals surface area contributed by atoms with Crippen LogP contribution in [0.2, 0.25) is 5.02 Å². The molecule has 0 bridgehead atoms. The number of halogens is 1. The van der Waals surface area contributed by atoms with Crippen LogP contribution in [0.5, 0.6) is 0 Å². The van der Waals surface area contributed by atoms with Crippen LogP contribution in [0.1, 0.15) is 35.7 Å². The van der Waals surface area contributed by atoms with Crippen LogP contribution in [0.4, 0.5) is 11.4 Å². The number of amides is 2. The van der Waals surface area contributed by atoms with Crippen LogP contribution < -0.4 is 10.2 Å². The number of nitrogens with zero attached hydrogens (tertiary/aromatic N) is 1. The molecule has 1 fully saturated rings. The van der Waals surface area contributed by atoms with Crippen molar-refractivity contribution in [2.45, 2.75) is 32.8 Å². The van der Waals surface area contributed by atoms with Crippen molar-refractivity contribution in [2.75, 3.05) is 16.8 Å². The Labute approximate surface area is 168 Å². The fourth-order valence-corrected chi connectivity index (χ4v) is 3.14. The van der Waals surface area contributed by atoms with E-state index in [0.29, 0.717) is 29.4 Å². The molecule has 7 heteroatoms. The average Bonchev–Trinajstić information content (AvgIpc) is 3.10. The minimum atomic E-state index is -0.997. The fraction of sp³-hybridized carbons (Fsp3) is 0.286. The molecule has 28 heavy (non-hydrogen) atoms. The van der Waals surface area contributed by atoms with Crippen LogP contribution in [0, 0.1) is 6.92 Å². The largest absolute Gasteiger partial charge is 0.449 e. The van der Waals surface area contributed by atoms with Crippen molar-refractivity contribution in [3.8, 4) is 0 Å². The fourth-order valence-electron chi connectivity index (χ4n) is 2.97. The maximum atomic E-state index is 12.5. The van der Waals surface area contributed by atoms with Crippen LogP contribution in [0.3, 0.4) is 0 Å². The van der Waals surface area contributed by atoms with Gasteiger partial charge in [0.25, 0.3) is 5.91 Å². The second-order valence-corrected chi connectivity index (χ2v) is 7.13. The molecule has 146 valence electrons. The molecule has 1 N–H and O–H groups in total. The Morgan fingerprint density at radius 1 is 1.21 bits per heavy atom. The Morgan fingerprint density at radius 3 is 2.71 bits per heavy atom. The molecule has 2 aromatic carbocycles. The number of hydrogen-bond donors (Lipinski definition) is 1. The van der Waals surface area contributed by atoms with Crippen molar-refractivity contribution in [1.82, 2.24) is 0 Å². The lowest BCUT2D eigenvalue weighted by Crippen LogP contribution is -2.30. The molecule has 2 aromatic rings. The minimum absolute atomic E-state index is 0.0372. The number of rotatable bonds is 5. The van der Waals surface area contributed by atoms with Crippen molar-refractivity contribution < 1.29 is 19.1 Å². The van der Waals surface area contributed by atoms with Gasteiger partial charge in [-0.3, -0.25) is 9.59 Å². The molecule has 2 amide bonds. The van der Waals surface area contributed by atoms with Gasteiger partial charge in [-0.05, 0) is 56.2 Å². The van der Waals surface area contributed by atoms with Gasteiger partial charge < -0.3 is 15.0 Å². The first-order valence-corrected chi connectivity index (χ1v) is 9.41. The van der Waals surface area contributed by atoms with E-state index in [-0.39, 0.29) is 11.5 Å². The molecule has 6 nitrogen and oxygen atoms in total. The Bertz CT molecular complexity index is 928. The zero-order valence-corrected chi connectivity index (χ0v) is 16.5. The number of ether oxygens (including phenoxy) is 1. The third-order valence-electron chi connectivity index (χ3n) is 4.58. The van der Waals surface area contributed by atoms with E-state index >= 15 is 0 Å². The number of nitrogens with one attached hydrogen (secondary N) is 1. The van der Waals surface area contributed by atoms with E-state index in [0.717, 1.165) is 12.0 Å². The zero-order valence-electron chi connectivity index (χ0n) is 15.7. The predicted octanol–water partition coefficient (Wildman–Crippen LogP) is 3.96. The Morgan fingerprint density at radius 2 is 2.00 bits per heavy atom. The number of carbonyl (C=O) groups excluding carboxylic acids is 3.